The van der Waals surface area contributed by atoms with Gasteiger partial charge in [-0.25, -0.2) is 0 Å². The Labute approximate surface area is 219 Å². The van der Waals surface area contributed by atoms with E-state index in [1.54, 1.807) is 29.2 Å². The lowest BCUT2D eigenvalue weighted by atomic mass is 9.66. The normalized spacial score (nSPS) is 31.8. The number of rotatable bonds is 10. The number of aliphatic hydroxyl groups is 1. The summed E-state index contributed by atoms with van der Waals surface area (Å²) in [6.07, 6.45) is 1.79. The summed E-state index contributed by atoms with van der Waals surface area (Å²) in [5.41, 5.74) is -1.39. The molecule has 3 aliphatic rings. The van der Waals surface area contributed by atoms with E-state index in [4.69, 9.17) is 9.47 Å². The van der Waals surface area contributed by atoms with Gasteiger partial charge in [-0.2, -0.15) is 0 Å². The molecular weight excluding hydrogens is 474 g/mol. The zero-order valence-corrected chi connectivity index (χ0v) is 22.7. The van der Waals surface area contributed by atoms with E-state index in [1.807, 2.05) is 41.5 Å². The van der Waals surface area contributed by atoms with Crippen LogP contribution in [0.5, 0.6) is 5.75 Å². The van der Waals surface area contributed by atoms with Crippen molar-refractivity contribution < 1.29 is 29.0 Å². The minimum absolute atomic E-state index is 0.0394. The van der Waals surface area contributed by atoms with Crippen molar-refractivity contribution in [1.82, 2.24) is 10.2 Å². The molecule has 1 spiro atoms. The van der Waals surface area contributed by atoms with Crippen molar-refractivity contribution in [3.8, 4) is 5.75 Å². The van der Waals surface area contributed by atoms with Gasteiger partial charge >= 0.3 is 0 Å². The molecule has 0 aromatic heterocycles. The van der Waals surface area contributed by atoms with Gasteiger partial charge in [0.2, 0.25) is 17.7 Å². The number of fused-ring (bicyclic) bond motifs is 1. The number of ether oxygens (including phenoxy) is 2. The van der Waals surface area contributed by atoms with Gasteiger partial charge < -0.3 is 30.1 Å². The molecule has 37 heavy (non-hydrogen) atoms. The van der Waals surface area contributed by atoms with E-state index in [0.29, 0.717) is 30.9 Å². The Bertz CT molecular complexity index is 1030. The van der Waals surface area contributed by atoms with Crippen LogP contribution in [0.25, 0.3) is 0 Å². The summed E-state index contributed by atoms with van der Waals surface area (Å²) in [6.45, 7) is 11.7. The van der Waals surface area contributed by atoms with Gasteiger partial charge in [0.1, 0.15) is 17.4 Å². The summed E-state index contributed by atoms with van der Waals surface area (Å²) >= 11 is 0. The number of nitrogens with one attached hydrogen (secondary N) is 2. The Hall–Kier alpha value is -2.65. The minimum Gasteiger partial charge on any atom is -0.494 e. The van der Waals surface area contributed by atoms with E-state index in [9.17, 15) is 19.5 Å². The molecule has 3 fully saturated rings. The molecule has 4 rings (SSSR count). The van der Waals surface area contributed by atoms with E-state index in [0.717, 1.165) is 6.42 Å². The SMILES string of the molecule is CCOc1ccc(NC(=O)[C@H]2[C@H]3C(=O)N([C@@H](CO)[C@@H](C)CC)C(C(=O)NC(C)C)C34CC[C@]2(C)O4)cc1. The number of anilines is 1. The first-order valence-corrected chi connectivity index (χ1v) is 13.5. The van der Waals surface area contributed by atoms with E-state index in [-0.39, 0.29) is 36.3 Å². The lowest BCUT2D eigenvalue weighted by Crippen LogP contribution is -2.59. The molecule has 204 valence electrons. The van der Waals surface area contributed by atoms with Crippen molar-refractivity contribution in [3.63, 3.8) is 0 Å². The molecule has 3 saturated heterocycles. The Morgan fingerprint density at radius 2 is 1.84 bits per heavy atom. The predicted octanol–water partition coefficient (Wildman–Crippen LogP) is 2.72. The third-order valence-corrected chi connectivity index (χ3v) is 8.45. The number of amides is 3. The second-order valence-electron chi connectivity index (χ2n) is 11.2. The number of carbonyl (C=O) groups is 3. The molecule has 0 aliphatic carbocycles. The molecule has 0 saturated carbocycles. The van der Waals surface area contributed by atoms with E-state index in [2.05, 4.69) is 10.6 Å². The van der Waals surface area contributed by atoms with Gasteiger partial charge in [0.15, 0.2) is 0 Å². The summed E-state index contributed by atoms with van der Waals surface area (Å²) < 4.78 is 12.1. The number of likely N-dealkylation sites (tertiary alicyclic amines) is 1. The maximum Gasteiger partial charge on any atom is 0.246 e. The van der Waals surface area contributed by atoms with Crippen LogP contribution in [0.1, 0.15) is 60.8 Å². The van der Waals surface area contributed by atoms with Crippen LogP contribution >= 0.6 is 0 Å². The van der Waals surface area contributed by atoms with E-state index in [1.165, 1.54) is 0 Å². The van der Waals surface area contributed by atoms with Gasteiger partial charge in [0.05, 0.1) is 36.7 Å². The van der Waals surface area contributed by atoms with Gasteiger partial charge in [-0.05, 0) is 70.7 Å². The Morgan fingerprint density at radius 3 is 2.41 bits per heavy atom. The van der Waals surface area contributed by atoms with E-state index < -0.39 is 35.1 Å². The molecule has 3 amide bonds. The molecule has 7 atom stereocenters. The monoisotopic (exact) mass is 515 g/mol. The fourth-order valence-corrected chi connectivity index (χ4v) is 6.62. The van der Waals surface area contributed by atoms with Crippen LogP contribution in [0.15, 0.2) is 24.3 Å². The fraction of sp³-hybridized carbons (Fsp3) is 0.679. The average Bonchev–Trinajstić information content (AvgIpc) is 3.41. The maximum atomic E-state index is 14.2. The molecule has 2 unspecified atom stereocenters. The van der Waals surface area contributed by atoms with Crippen LogP contribution in [0.3, 0.4) is 0 Å². The zero-order valence-electron chi connectivity index (χ0n) is 22.7. The number of hydrogen-bond acceptors (Lipinski definition) is 6. The molecule has 0 radical (unpaired) electrons. The largest absolute Gasteiger partial charge is 0.494 e. The third kappa shape index (κ3) is 4.50. The second kappa shape index (κ2) is 10.3. The topological polar surface area (TPSA) is 117 Å². The molecule has 3 heterocycles. The fourth-order valence-electron chi connectivity index (χ4n) is 6.62. The summed E-state index contributed by atoms with van der Waals surface area (Å²) in [7, 11) is 0. The van der Waals surface area contributed by atoms with Crippen molar-refractivity contribution in [3.05, 3.63) is 24.3 Å². The summed E-state index contributed by atoms with van der Waals surface area (Å²) in [6, 6.07) is 5.50. The van der Waals surface area contributed by atoms with Crippen molar-refractivity contribution in [2.75, 3.05) is 18.5 Å². The molecule has 1 aromatic carbocycles. The molecule has 3 N–H and O–H groups in total. The van der Waals surface area contributed by atoms with Gasteiger partial charge in [0.25, 0.3) is 0 Å². The first-order chi connectivity index (χ1) is 17.5. The van der Waals surface area contributed by atoms with Crippen LogP contribution in [0.2, 0.25) is 0 Å². The molecule has 9 heteroatoms. The Morgan fingerprint density at radius 1 is 1.16 bits per heavy atom. The minimum atomic E-state index is -1.12. The molecule has 9 nitrogen and oxygen atoms in total. The highest BCUT2D eigenvalue weighted by Crippen LogP contribution is 2.63. The lowest BCUT2D eigenvalue weighted by molar-refractivity contribution is -0.150. The van der Waals surface area contributed by atoms with Gasteiger partial charge in [-0.3, -0.25) is 14.4 Å². The maximum absolute atomic E-state index is 14.2. The van der Waals surface area contributed by atoms with Gasteiger partial charge in [-0.15, -0.1) is 0 Å². The Kier molecular flexibility index (Phi) is 7.59. The summed E-state index contributed by atoms with van der Waals surface area (Å²) in [4.78, 5) is 43.1. The molecule has 1 aromatic rings. The highest BCUT2D eigenvalue weighted by atomic mass is 16.5. The standard InChI is InChI=1S/C28H41N3O6/c1-7-17(5)20(15-32)31-23(25(34)29-16(3)4)28-14-13-27(6,37-28)21(22(28)26(31)35)24(33)30-18-9-11-19(12-10-18)36-8-2/h9-12,16-17,20-23,32H,7-8,13-15H2,1-6H3,(H,29,34)(H,30,33)/t17-,20-,21+,22-,23?,27-,28?/m0/s1. The smallest absolute Gasteiger partial charge is 0.246 e. The third-order valence-electron chi connectivity index (χ3n) is 8.45. The van der Waals surface area contributed by atoms with Crippen LogP contribution < -0.4 is 15.4 Å². The van der Waals surface area contributed by atoms with Gasteiger partial charge in [-0.1, -0.05) is 20.3 Å². The second-order valence-corrected chi connectivity index (χ2v) is 11.2. The Balaban J connectivity index is 1.71. The highest BCUT2D eigenvalue weighted by Gasteiger charge is 2.78. The lowest BCUT2D eigenvalue weighted by Gasteiger charge is -2.39. The average molecular weight is 516 g/mol. The van der Waals surface area contributed by atoms with Crippen LogP contribution in [0, 0.1) is 17.8 Å². The van der Waals surface area contributed by atoms with E-state index >= 15 is 0 Å². The van der Waals surface area contributed by atoms with Crippen molar-refractivity contribution in [2.24, 2.45) is 17.8 Å². The molecule has 2 bridgehead atoms. The predicted molar refractivity (Wildman–Crippen MR) is 139 cm³/mol. The van der Waals surface area contributed by atoms with Crippen LogP contribution in [-0.2, 0) is 19.1 Å². The number of nitrogens with zero attached hydrogens (tertiary/aromatic N) is 1. The molecular formula is C28H41N3O6. The first-order valence-electron chi connectivity index (χ1n) is 13.5. The van der Waals surface area contributed by atoms with Crippen LogP contribution in [-0.4, -0.2) is 70.3 Å². The van der Waals surface area contributed by atoms with Gasteiger partial charge in [0, 0.05) is 11.7 Å². The quantitative estimate of drug-likeness (QED) is 0.441. The summed E-state index contributed by atoms with van der Waals surface area (Å²) in [5, 5.41) is 16.3. The number of aliphatic hydroxyl groups excluding tert-OH is 1. The van der Waals surface area contributed by atoms with Crippen LogP contribution in [0.4, 0.5) is 5.69 Å². The van der Waals surface area contributed by atoms with Crippen molar-refractivity contribution >= 4 is 23.4 Å². The first kappa shape index (κ1) is 27.4. The highest BCUT2D eigenvalue weighted by molar-refractivity contribution is 6.02. The van der Waals surface area contributed by atoms with Crippen molar-refractivity contribution in [2.45, 2.75) is 90.1 Å². The number of hydrogen-bond donors (Lipinski definition) is 3. The number of benzene rings is 1. The number of carbonyl (C=O) groups excluding carboxylic acids is 3. The van der Waals surface area contributed by atoms with Crippen molar-refractivity contribution in [1.29, 1.82) is 0 Å². The molecule has 3 aliphatic heterocycles. The zero-order chi connectivity index (χ0) is 27.1. The summed E-state index contributed by atoms with van der Waals surface area (Å²) in [5.74, 6) is -1.81.